The number of unbranched alkanes of at least 4 members (excludes halogenated alkanes) is 3. The van der Waals surface area contributed by atoms with Crippen molar-refractivity contribution in [2.75, 3.05) is 0 Å². The van der Waals surface area contributed by atoms with Gasteiger partial charge in [-0.3, -0.25) is 0 Å². The van der Waals surface area contributed by atoms with E-state index < -0.39 is 0 Å². The SMILES string of the molecule is C=CCCCCCC(O)Cc1nc(C)cs1. The molecule has 0 fully saturated rings. The molecule has 0 aromatic carbocycles. The van der Waals surface area contributed by atoms with Gasteiger partial charge in [-0.05, 0) is 26.2 Å². The highest BCUT2D eigenvalue weighted by molar-refractivity contribution is 7.09. The molecule has 0 spiro atoms. The summed E-state index contributed by atoms with van der Waals surface area (Å²) in [5.41, 5.74) is 1.05. The molecule has 1 heterocycles. The maximum Gasteiger partial charge on any atom is 0.0953 e. The van der Waals surface area contributed by atoms with Crippen molar-refractivity contribution in [2.24, 2.45) is 0 Å². The molecule has 1 aromatic heterocycles. The van der Waals surface area contributed by atoms with Gasteiger partial charge in [-0.1, -0.05) is 18.9 Å². The third-order valence-corrected chi connectivity index (χ3v) is 3.51. The minimum Gasteiger partial charge on any atom is -0.393 e. The van der Waals surface area contributed by atoms with Gasteiger partial charge in [-0.15, -0.1) is 17.9 Å². The van der Waals surface area contributed by atoms with Gasteiger partial charge in [-0.2, -0.15) is 0 Å². The highest BCUT2D eigenvalue weighted by atomic mass is 32.1. The molecule has 0 aliphatic carbocycles. The van der Waals surface area contributed by atoms with Crippen molar-refractivity contribution < 1.29 is 5.11 Å². The zero-order valence-corrected chi connectivity index (χ0v) is 10.8. The Morgan fingerprint density at radius 1 is 1.50 bits per heavy atom. The summed E-state index contributed by atoms with van der Waals surface area (Å²) in [6, 6.07) is 0. The Kier molecular flexibility index (Phi) is 6.34. The summed E-state index contributed by atoms with van der Waals surface area (Å²) in [7, 11) is 0. The summed E-state index contributed by atoms with van der Waals surface area (Å²) in [5, 5.41) is 12.9. The first-order valence-electron chi connectivity index (χ1n) is 5.92. The second-order valence-electron chi connectivity index (χ2n) is 4.17. The summed E-state index contributed by atoms with van der Waals surface area (Å²) < 4.78 is 0. The van der Waals surface area contributed by atoms with Crippen LogP contribution >= 0.6 is 11.3 Å². The van der Waals surface area contributed by atoms with Crippen LogP contribution in [0.5, 0.6) is 0 Å². The zero-order chi connectivity index (χ0) is 11.8. The van der Waals surface area contributed by atoms with E-state index in [1.54, 1.807) is 11.3 Å². The molecule has 1 rings (SSSR count). The largest absolute Gasteiger partial charge is 0.393 e. The lowest BCUT2D eigenvalue weighted by atomic mass is 10.1. The van der Waals surface area contributed by atoms with Crippen LogP contribution in [0.25, 0.3) is 0 Å². The van der Waals surface area contributed by atoms with Crippen molar-refractivity contribution in [3.63, 3.8) is 0 Å². The molecule has 3 heteroatoms. The van der Waals surface area contributed by atoms with Gasteiger partial charge in [0.25, 0.3) is 0 Å². The van der Waals surface area contributed by atoms with Gasteiger partial charge < -0.3 is 5.11 Å². The highest BCUT2D eigenvalue weighted by Crippen LogP contribution is 2.14. The molecule has 0 aliphatic heterocycles. The van der Waals surface area contributed by atoms with Crippen LogP contribution in [0.15, 0.2) is 18.0 Å². The number of allylic oxidation sites excluding steroid dienone is 1. The summed E-state index contributed by atoms with van der Waals surface area (Å²) in [6.45, 7) is 5.68. The van der Waals surface area contributed by atoms with E-state index in [0.29, 0.717) is 6.42 Å². The number of hydrogen-bond donors (Lipinski definition) is 1. The number of rotatable bonds is 8. The third kappa shape index (κ3) is 5.42. The molecule has 2 nitrogen and oxygen atoms in total. The summed E-state index contributed by atoms with van der Waals surface area (Å²) in [4.78, 5) is 4.35. The average Bonchev–Trinajstić information content (AvgIpc) is 2.63. The van der Waals surface area contributed by atoms with Crippen LogP contribution in [0, 0.1) is 6.92 Å². The fourth-order valence-electron chi connectivity index (χ4n) is 1.65. The van der Waals surface area contributed by atoms with Gasteiger partial charge in [0.05, 0.1) is 11.1 Å². The Hall–Kier alpha value is -0.670. The molecular weight excluding hydrogens is 218 g/mol. The molecule has 16 heavy (non-hydrogen) atoms. The zero-order valence-electron chi connectivity index (χ0n) is 9.98. The Bertz CT molecular complexity index is 309. The fraction of sp³-hybridized carbons (Fsp3) is 0.615. The standard InChI is InChI=1S/C13H21NOS/c1-3-4-5-6-7-8-12(15)9-13-14-11(2)10-16-13/h3,10,12,15H,1,4-9H2,2H3. The van der Waals surface area contributed by atoms with Crippen LogP contribution in [-0.2, 0) is 6.42 Å². The molecule has 0 saturated carbocycles. The molecule has 0 bridgehead atoms. The molecule has 1 atom stereocenters. The molecule has 0 aliphatic rings. The predicted octanol–water partition coefficient (Wildman–Crippen LogP) is 3.49. The molecule has 0 saturated heterocycles. The number of aliphatic hydroxyl groups excluding tert-OH is 1. The first-order chi connectivity index (χ1) is 7.72. The number of aromatic nitrogens is 1. The first kappa shape index (κ1) is 13.4. The van der Waals surface area contributed by atoms with E-state index in [1.165, 1.54) is 12.8 Å². The van der Waals surface area contributed by atoms with Crippen LogP contribution in [0.1, 0.15) is 42.8 Å². The molecule has 1 unspecified atom stereocenters. The predicted molar refractivity (Wildman–Crippen MR) is 69.8 cm³/mol. The Labute approximate surface area is 102 Å². The van der Waals surface area contributed by atoms with Gasteiger partial charge in [0, 0.05) is 17.5 Å². The third-order valence-electron chi connectivity index (χ3n) is 2.52. The average molecular weight is 239 g/mol. The monoisotopic (exact) mass is 239 g/mol. The van der Waals surface area contributed by atoms with Crippen molar-refractivity contribution in [1.82, 2.24) is 4.98 Å². The number of nitrogens with zero attached hydrogens (tertiary/aromatic N) is 1. The van der Waals surface area contributed by atoms with E-state index in [4.69, 9.17) is 0 Å². The molecule has 1 aromatic rings. The second-order valence-corrected chi connectivity index (χ2v) is 5.11. The summed E-state index contributed by atoms with van der Waals surface area (Å²) in [5.74, 6) is 0. The van der Waals surface area contributed by atoms with Gasteiger partial charge in [0.1, 0.15) is 0 Å². The maximum absolute atomic E-state index is 9.81. The molecular formula is C13H21NOS. The smallest absolute Gasteiger partial charge is 0.0953 e. The van der Waals surface area contributed by atoms with E-state index >= 15 is 0 Å². The molecule has 0 amide bonds. The minimum atomic E-state index is -0.228. The Morgan fingerprint density at radius 3 is 2.94 bits per heavy atom. The van der Waals surface area contributed by atoms with Gasteiger partial charge in [-0.25, -0.2) is 4.98 Å². The Balaban J connectivity index is 2.11. The van der Waals surface area contributed by atoms with Crippen molar-refractivity contribution in [2.45, 2.75) is 51.6 Å². The maximum atomic E-state index is 9.81. The minimum absolute atomic E-state index is 0.228. The van der Waals surface area contributed by atoms with Crippen molar-refractivity contribution in [1.29, 1.82) is 0 Å². The molecule has 0 radical (unpaired) electrons. The number of aryl methyl sites for hydroxylation is 1. The fourth-order valence-corrected chi connectivity index (χ4v) is 2.49. The number of aliphatic hydroxyl groups is 1. The molecule has 1 N–H and O–H groups in total. The van der Waals surface area contributed by atoms with E-state index in [9.17, 15) is 5.11 Å². The lowest BCUT2D eigenvalue weighted by Crippen LogP contribution is -2.10. The highest BCUT2D eigenvalue weighted by Gasteiger charge is 2.07. The van der Waals surface area contributed by atoms with E-state index in [2.05, 4.69) is 11.6 Å². The quantitative estimate of drug-likeness (QED) is 0.556. The lowest BCUT2D eigenvalue weighted by molar-refractivity contribution is 0.161. The van der Waals surface area contributed by atoms with Crippen molar-refractivity contribution in [3.8, 4) is 0 Å². The van der Waals surface area contributed by atoms with Gasteiger partial charge in [0.2, 0.25) is 0 Å². The van der Waals surface area contributed by atoms with Gasteiger partial charge >= 0.3 is 0 Å². The summed E-state index contributed by atoms with van der Waals surface area (Å²) >= 11 is 1.64. The Morgan fingerprint density at radius 2 is 2.31 bits per heavy atom. The number of hydrogen-bond acceptors (Lipinski definition) is 3. The number of thiazole rings is 1. The van der Waals surface area contributed by atoms with Gasteiger partial charge in [0.15, 0.2) is 0 Å². The first-order valence-corrected chi connectivity index (χ1v) is 6.80. The van der Waals surface area contributed by atoms with Crippen molar-refractivity contribution in [3.05, 3.63) is 28.7 Å². The van der Waals surface area contributed by atoms with Crippen LogP contribution < -0.4 is 0 Å². The lowest BCUT2D eigenvalue weighted by Gasteiger charge is -2.07. The second kappa shape index (κ2) is 7.58. The summed E-state index contributed by atoms with van der Waals surface area (Å²) in [6.07, 6.45) is 7.87. The van der Waals surface area contributed by atoms with Crippen molar-refractivity contribution >= 4 is 11.3 Å². The van der Waals surface area contributed by atoms with E-state index in [0.717, 1.165) is 30.0 Å². The normalized spacial score (nSPS) is 12.6. The van der Waals surface area contributed by atoms with Crippen LogP contribution in [0.4, 0.5) is 0 Å². The van der Waals surface area contributed by atoms with Crippen LogP contribution in [0.3, 0.4) is 0 Å². The van der Waals surface area contributed by atoms with E-state index in [-0.39, 0.29) is 6.10 Å². The van der Waals surface area contributed by atoms with Crippen LogP contribution in [0.2, 0.25) is 0 Å². The molecule has 90 valence electrons. The van der Waals surface area contributed by atoms with E-state index in [1.807, 2.05) is 18.4 Å². The topological polar surface area (TPSA) is 33.1 Å². The van der Waals surface area contributed by atoms with Crippen LogP contribution in [-0.4, -0.2) is 16.2 Å².